The van der Waals surface area contributed by atoms with Gasteiger partial charge in [-0.2, -0.15) is 0 Å². The summed E-state index contributed by atoms with van der Waals surface area (Å²) in [5, 5.41) is 17.6. The van der Waals surface area contributed by atoms with E-state index in [0.717, 1.165) is 11.3 Å². The number of nitrogens with zero attached hydrogens (tertiary/aromatic N) is 4. The third-order valence-electron chi connectivity index (χ3n) is 4.63. The number of allylic oxidation sites excluding steroid dienone is 1. The van der Waals surface area contributed by atoms with Crippen LogP contribution in [0.15, 0.2) is 33.4 Å². The molecule has 2 aromatic heterocycles. The number of halogens is 1. The lowest BCUT2D eigenvalue weighted by atomic mass is 10.0. The fraction of sp³-hybridized carbons (Fsp3) is 0.222. The van der Waals surface area contributed by atoms with Crippen molar-refractivity contribution in [3.05, 3.63) is 44.0 Å². The van der Waals surface area contributed by atoms with Crippen molar-refractivity contribution >= 4 is 80.7 Å². The van der Waals surface area contributed by atoms with Crippen molar-refractivity contribution in [2.45, 2.75) is 11.4 Å². The van der Waals surface area contributed by atoms with E-state index in [1.54, 1.807) is 17.7 Å². The predicted octanol–water partition coefficient (Wildman–Crippen LogP) is 1.64. The molecule has 11 nitrogen and oxygen atoms in total. The summed E-state index contributed by atoms with van der Waals surface area (Å²) in [5.41, 5.74) is 7.58. The van der Waals surface area contributed by atoms with Gasteiger partial charge in [-0.05, 0) is 11.6 Å². The summed E-state index contributed by atoms with van der Waals surface area (Å²) in [6.07, 6.45) is 3.27. The van der Waals surface area contributed by atoms with Gasteiger partial charge in [-0.3, -0.25) is 14.5 Å². The third kappa shape index (κ3) is 4.46. The number of rotatable bonds is 7. The monoisotopic (exact) mass is 526 g/mol. The number of β-lactam (4-membered cyclic amide) rings is 1. The summed E-state index contributed by atoms with van der Waals surface area (Å²) in [5.74, 6) is -2.16. The first-order chi connectivity index (χ1) is 15.8. The van der Waals surface area contributed by atoms with E-state index in [9.17, 15) is 19.5 Å². The van der Waals surface area contributed by atoms with Gasteiger partial charge in [0.1, 0.15) is 35.1 Å². The number of fused-ring (bicyclic) bond motifs is 1. The molecular formula is C18H15ClN6O5S3. The maximum atomic E-state index is 12.8. The second-order valence-electron chi connectivity index (χ2n) is 6.57. The molecule has 1 unspecified atom stereocenters. The minimum absolute atomic E-state index is 0.135. The van der Waals surface area contributed by atoms with Crippen molar-refractivity contribution in [2.24, 2.45) is 5.16 Å². The molecule has 0 aromatic carbocycles. The molecule has 4 N–H and O–H groups in total. The van der Waals surface area contributed by atoms with Crippen LogP contribution in [0.25, 0.3) is 6.08 Å². The number of anilines is 1. The number of amides is 2. The van der Waals surface area contributed by atoms with E-state index in [2.05, 4.69) is 20.4 Å². The van der Waals surface area contributed by atoms with Crippen LogP contribution in [0.3, 0.4) is 0 Å². The predicted molar refractivity (Wildman–Crippen MR) is 126 cm³/mol. The Balaban J connectivity index is 1.54. The van der Waals surface area contributed by atoms with Crippen LogP contribution in [0.2, 0.25) is 5.15 Å². The van der Waals surface area contributed by atoms with E-state index in [1.165, 1.54) is 40.5 Å². The second-order valence-corrected chi connectivity index (χ2v) is 9.81. The summed E-state index contributed by atoms with van der Waals surface area (Å²) >= 11 is 9.74. The molecule has 15 heteroatoms. The number of aliphatic carboxylic acids is 1. The molecule has 0 radical (unpaired) electrons. The van der Waals surface area contributed by atoms with E-state index in [0.29, 0.717) is 21.4 Å². The first-order valence-corrected chi connectivity index (χ1v) is 12.3. The number of oxime groups is 1. The summed E-state index contributed by atoms with van der Waals surface area (Å²) in [7, 11) is 1.27. The first-order valence-electron chi connectivity index (χ1n) is 9.13. The molecule has 4 rings (SSSR count). The molecule has 1 fully saturated rings. The van der Waals surface area contributed by atoms with E-state index in [-0.39, 0.29) is 22.2 Å². The molecule has 4 heterocycles. The van der Waals surface area contributed by atoms with E-state index < -0.39 is 29.2 Å². The lowest BCUT2D eigenvalue weighted by molar-refractivity contribution is -0.150. The topological polar surface area (TPSA) is 160 Å². The highest BCUT2D eigenvalue weighted by Crippen LogP contribution is 2.41. The lowest BCUT2D eigenvalue weighted by Gasteiger charge is -2.49. The fourth-order valence-electron chi connectivity index (χ4n) is 3.20. The van der Waals surface area contributed by atoms with Gasteiger partial charge in [0, 0.05) is 11.1 Å². The highest BCUT2D eigenvalue weighted by atomic mass is 35.5. The van der Waals surface area contributed by atoms with Gasteiger partial charge in [-0.1, -0.05) is 22.8 Å². The number of carboxylic acid groups (broad SMARTS) is 1. The number of carbonyl (C=O) groups excluding carboxylic acids is 2. The zero-order valence-electron chi connectivity index (χ0n) is 16.7. The minimum atomic E-state index is -1.24. The van der Waals surface area contributed by atoms with Crippen LogP contribution in [-0.4, -0.2) is 67.7 Å². The molecule has 172 valence electrons. The maximum absolute atomic E-state index is 12.8. The van der Waals surface area contributed by atoms with Crippen molar-refractivity contribution in [1.29, 1.82) is 0 Å². The average Bonchev–Trinajstić information content (AvgIpc) is 3.40. The first kappa shape index (κ1) is 23.2. The van der Waals surface area contributed by atoms with E-state index in [4.69, 9.17) is 22.2 Å². The number of nitrogens with two attached hydrogens (primary N) is 1. The third-order valence-corrected chi connectivity index (χ3v) is 7.82. The number of aromatic nitrogens is 2. The summed E-state index contributed by atoms with van der Waals surface area (Å²) in [4.78, 5) is 52.1. The molecule has 2 atom stereocenters. The maximum Gasteiger partial charge on any atom is 0.352 e. The van der Waals surface area contributed by atoms with Crippen LogP contribution < -0.4 is 11.1 Å². The van der Waals surface area contributed by atoms with Gasteiger partial charge in [-0.15, -0.1) is 34.4 Å². The van der Waals surface area contributed by atoms with E-state index >= 15 is 0 Å². The molecule has 2 amide bonds. The zero-order valence-corrected chi connectivity index (χ0v) is 19.9. The highest BCUT2D eigenvalue weighted by Gasteiger charge is 2.54. The zero-order chi connectivity index (χ0) is 23.7. The number of nitrogen functional groups attached to an aromatic ring is 1. The summed E-state index contributed by atoms with van der Waals surface area (Å²) in [6.45, 7) is 0. The highest BCUT2D eigenvalue weighted by molar-refractivity contribution is 8.00. The molecule has 0 aliphatic carbocycles. The summed E-state index contributed by atoms with van der Waals surface area (Å²) < 4.78 is 0. The van der Waals surface area contributed by atoms with Crippen LogP contribution in [0.1, 0.15) is 10.6 Å². The van der Waals surface area contributed by atoms with Gasteiger partial charge < -0.3 is 21.0 Å². The van der Waals surface area contributed by atoms with Gasteiger partial charge in [0.15, 0.2) is 10.8 Å². The smallest absolute Gasteiger partial charge is 0.352 e. The number of carboxylic acids is 1. The fourth-order valence-corrected chi connectivity index (χ4v) is 5.94. The van der Waals surface area contributed by atoms with Crippen LogP contribution in [-0.2, 0) is 19.2 Å². The van der Waals surface area contributed by atoms with Crippen molar-refractivity contribution < 1.29 is 24.3 Å². The quantitative estimate of drug-likeness (QED) is 0.277. The Morgan fingerprint density at radius 1 is 1.42 bits per heavy atom. The van der Waals surface area contributed by atoms with Gasteiger partial charge in [0.05, 0.1) is 10.4 Å². The van der Waals surface area contributed by atoms with Crippen LogP contribution in [0.5, 0.6) is 0 Å². The van der Waals surface area contributed by atoms with Gasteiger partial charge >= 0.3 is 5.97 Å². The van der Waals surface area contributed by atoms with Crippen LogP contribution in [0, 0.1) is 0 Å². The SMILES string of the molecule is CO/N=C(/C(=O)NC1C(=O)N2C(C(=O)O)=C(/C=C/c3scnc3Cl)CS[C@H]12)c1csc(N)n1. The lowest BCUT2D eigenvalue weighted by Crippen LogP contribution is -2.71. The second kappa shape index (κ2) is 9.51. The number of hydrogen-bond acceptors (Lipinski definition) is 11. The molecule has 0 spiro atoms. The standard InChI is InChI=1S/C18H15ClN6O5S3/c1-30-24-10(8-5-32-18(20)22-8)14(26)23-11-15(27)25-12(17(28)29)7(4-31-16(11)25)2-3-9-13(19)21-6-33-9/h2-3,5-6,11,16H,4H2,1H3,(H2,20,22)(H,23,26)(H,28,29)/b3-2+,24-10+/t11?,16-/m1/s1. The Kier molecular flexibility index (Phi) is 6.69. The summed E-state index contributed by atoms with van der Waals surface area (Å²) in [6, 6.07) is -0.934. The van der Waals surface area contributed by atoms with Gasteiger partial charge in [0.2, 0.25) is 0 Å². The Morgan fingerprint density at radius 2 is 2.21 bits per heavy atom. The molecular weight excluding hydrogens is 512 g/mol. The number of hydrogen-bond donors (Lipinski definition) is 3. The molecule has 2 aliphatic heterocycles. The van der Waals surface area contributed by atoms with Crippen molar-refractivity contribution in [3.63, 3.8) is 0 Å². The largest absolute Gasteiger partial charge is 0.477 e. The Morgan fingerprint density at radius 3 is 2.82 bits per heavy atom. The van der Waals surface area contributed by atoms with E-state index in [1.807, 2.05) is 0 Å². The molecule has 33 heavy (non-hydrogen) atoms. The average molecular weight is 527 g/mol. The molecule has 0 saturated carbocycles. The number of nitrogens with one attached hydrogen (secondary N) is 1. The van der Waals surface area contributed by atoms with Crippen molar-refractivity contribution in [3.8, 4) is 0 Å². The number of thiazole rings is 2. The van der Waals surface area contributed by atoms with Gasteiger partial charge in [-0.25, -0.2) is 14.8 Å². The molecule has 2 aliphatic rings. The number of thioether (sulfide) groups is 1. The molecule has 2 aromatic rings. The van der Waals surface area contributed by atoms with Crippen LogP contribution >= 0.6 is 46.0 Å². The Bertz CT molecular complexity index is 1220. The van der Waals surface area contributed by atoms with Crippen LogP contribution in [0.4, 0.5) is 5.13 Å². The normalized spacial score (nSPS) is 20.6. The number of carbonyl (C=O) groups is 3. The Labute approximate surface area is 204 Å². The minimum Gasteiger partial charge on any atom is -0.477 e. The van der Waals surface area contributed by atoms with Crippen molar-refractivity contribution in [1.82, 2.24) is 20.2 Å². The van der Waals surface area contributed by atoms with Crippen molar-refractivity contribution in [2.75, 3.05) is 18.6 Å². The molecule has 1 saturated heterocycles. The molecule has 0 bridgehead atoms. The van der Waals surface area contributed by atoms with Gasteiger partial charge in [0.25, 0.3) is 11.8 Å². The Hall–Kier alpha value is -2.94.